The van der Waals surface area contributed by atoms with Gasteiger partial charge in [0.2, 0.25) is 5.95 Å². The minimum atomic E-state index is 0.439. The molecule has 4 nitrogen and oxygen atoms in total. The molecule has 1 aromatic heterocycles. The van der Waals surface area contributed by atoms with Crippen LogP contribution in [0.1, 0.15) is 51.4 Å². The van der Waals surface area contributed by atoms with Crippen LogP contribution < -0.4 is 5.32 Å². The van der Waals surface area contributed by atoms with E-state index >= 15 is 0 Å². The SMILES string of the molecule is CCCN(CC)CCNc1nc(C)cc(C(C)C)n1. The van der Waals surface area contributed by atoms with Gasteiger partial charge >= 0.3 is 0 Å². The second-order valence-electron chi connectivity index (χ2n) is 5.27. The molecule has 0 aliphatic heterocycles. The minimum Gasteiger partial charge on any atom is -0.353 e. The van der Waals surface area contributed by atoms with Gasteiger partial charge in [-0.05, 0) is 38.4 Å². The highest BCUT2D eigenvalue weighted by molar-refractivity contribution is 5.29. The molecule has 19 heavy (non-hydrogen) atoms. The fraction of sp³-hybridized carbons (Fsp3) is 0.733. The summed E-state index contributed by atoms with van der Waals surface area (Å²) >= 11 is 0. The molecule has 108 valence electrons. The summed E-state index contributed by atoms with van der Waals surface area (Å²) in [5.41, 5.74) is 2.14. The van der Waals surface area contributed by atoms with E-state index in [2.05, 4.69) is 53.9 Å². The maximum atomic E-state index is 4.56. The monoisotopic (exact) mass is 264 g/mol. The topological polar surface area (TPSA) is 41.0 Å². The summed E-state index contributed by atoms with van der Waals surface area (Å²) in [5, 5.41) is 3.34. The molecule has 1 N–H and O–H groups in total. The summed E-state index contributed by atoms with van der Waals surface area (Å²) in [4.78, 5) is 11.4. The van der Waals surface area contributed by atoms with E-state index in [4.69, 9.17) is 0 Å². The lowest BCUT2D eigenvalue weighted by molar-refractivity contribution is 0.300. The summed E-state index contributed by atoms with van der Waals surface area (Å²) < 4.78 is 0. The molecule has 4 heteroatoms. The van der Waals surface area contributed by atoms with Crippen molar-refractivity contribution in [3.8, 4) is 0 Å². The van der Waals surface area contributed by atoms with Crippen molar-refractivity contribution >= 4 is 5.95 Å². The molecule has 1 rings (SSSR count). The summed E-state index contributed by atoms with van der Waals surface area (Å²) in [6.45, 7) is 15.0. The van der Waals surface area contributed by atoms with Crippen molar-refractivity contribution in [1.29, 1.82) is 0 Å². The van der Waals surface area contributed by atoms with Gasteiger partial charge < -0.3 is 10.2 Å². The number of aryl methyl sites for hydroxylation is 1. The van der Waals surface area contributed by atoms with E-state index in [1.165, 1.54) is 6.42 Å². The summed E-state index contributed by atoms with van der Waals surface area (Å²) in [6.07, 6.45) is 1.20. The Balaban J connectivity index is 2.53. The minimum absolute atomic E-state index is 0.439. The average Bonchev–Trinajstić information content (AvgIpc) is 2.37. The molecule has 0 atom stereocenters. The molecule has 1 aromatic rings. The Kier molecular flexibility index (Phi) is 6.78. The molecule has 1 heterocycles. The van der Waals surface area contributed by atoms with Gasteiger partial charge in [0.15, 0.2) is 0 Å². The Labute approximate surface area is 117 Å². The fourth-order valence-electron chi connectivity index (χ4n) is 2.04. The quantitative estimate of drug-likeness (QED) is 0.783. The molecular weight excluding hydrogens is 236 g/mol. The largest absolute Gasteiger partial charge is 0.353 e. The maximum Gasteiger partial charge on any atom is 0.223 e. The van der Waals surface area contributed by atoms with Crippen LogP contribution in [-0.2, 0) is 0 Å². The first-order valence-electron chi connectivity index (χ1n) is 7.38. The maximum absolute atomic E-state index is 4.56. The predicted molar refractivity (Wildman–Crippen MR) is 81.8 cm³/mol. The second kappa shape index (κ2) is 8.10. The number of aromatic nitrogens is 2. The first-order valence-corrected chi connectivity index (χ1v) is 7.38. The molecule has 0 radical (unpaired) electrons. The van der Waals surface area contributed by atoms with Crippen molar-refractivity contribution in [1.82, 2.24) is 14.9 Å². The number of nitrogens with zero attached hydrogens (tertiary/aromatic N) is 3. The fourth-order valence-corrected chi connectivity index (χ4v) is 2.04. The molecule has 0 amide bonds. The van der Waals surface area contributed by atoms with Gasteiger partial charge in [0.1, 0.15) is 0 Å². The summed E-state index contributed by atoms with van der Waals surface area (Å²) in [5.74, 6) is 1.20. The molecule has 0 saturated heterocycles. The Morgan fingerprint density at radius 2 is 1.95 bits per heavy atom. The van der Waals surface area contributed by atoms with Crippen LogP contribution in [0.25, 0.3) is 0 Å². The standard InChI is InChI=1S/C15H28N4/c1-6-9-19(7-2)10-8-16-15-17-13(5)11-14(18-15)12(3)4/h11-12H,6-10H2,1-5H3,(H,16,17,18). The van der Waals surface area contributed by atoms with Crippen LogP contribution in [0.15, 0.2) is 6.07 Å². The summed E-state index contributed by atoms with van der Waals surface area (Å²) in [7, 11) is 0. The lowest BCUT2D eigenvalue weighted by Crippen LogP contribution is -2.30. The molecule has 0 fully saturated rings. The third-order valence-corrected chi connectivity index (χ3v) is 3.16. The zero-order valence-corrected chi connectivity index (χ0v) is 13.0. The van der Waals surface area contributed by atoms with Crippen LogP contribution in [0.2, 0.25) is 0 Å². The average molecular weight is 264 g/mol. The van der Waals surface area contributed by atoms with Crippen molar-refractivity contribution in [2.75, 3.05) is 31.5 Å². The molecule has 0 bridgehead atoms. The molecule has 0 saturated carbocycles. The Bertz CT molecular complexity index is 376. The van der Waals surface area contributed by atoms with Gasteiger partial charge in [-0.15, -0.1) is 0 Å². The third-order valence-electron chi connectivity index (χ3n) is 3.16. The van der Waals surface area contributed by atoms with Gasteiger partial charge in [-0.2, -0.15) is 0 Å². The molecule has 0 unspecified atom stereocenters. The van der Waals surface area contributed by atoms with Gasteiger partial charge in [0.05, 0.1) is 0 Å². The highest BCUT2D eigenvalue weighted by Crippen LogP contribution is 2.14. The van der Waals surface area contributed by atoms with Crippen molar-refractivity contribution in [2.45, 2.75) is 47.0 Å². The van der Waals surface area contributed by atoms with Gasteiger partial charge in [-0.1, -0.05) is 27.7 Å². The summed E-state index contributed by atoms with van der Waals surface area (Å²) in [6, 6.07) is 2.06. The van der Waals surface area contributed by atoms with Crippen LogP contribution in [0, 0.1) is 6.92 Å². The van der Waals surface area contributed by atoms with Gasteiger partial charge in [-0.3, -0.25) is 0 Å². The lowest BCUT2D eigenvalue weighted by atomic mass is 10.1. The van der Waals surface area contributed by atoms with Gasteiger partial charge in [0, 0.05) is 24.5 Å². The first kappa shape index (κ1) is 15.9. The number of likely N-dealkylation sites (N-methyl/N-ethyl adjacent to an activating group) is 1. The van der Waals surface area contributed by atoms with E-state index in [-0.39, 0.29) is 0 Å². The van der Waals surface area contributed by atoms with Crippen LogP contribution in [0.5, 0.6) is 0 Å². The van der Waals surface area contributed by atoms with Crippen LogP contribution in [-0.4, -0.2) is 41.0 Å². The zero-order chi connectivity index (χ0) is 14.3. The number of nitrogens with one attached hydrogen (secondary N) is 1. The Morgan fingerprint density at radius 1 is 1.21 bits per heavy atom. The Hall–Kier alpha value is -1.16. The number of anilines is 1. The number of rotatable bonds is 8. The first-order chi connectivity index (χ1) is 9.06. The van der Waals surface area contributed by atoms with Crippen LogP contribution in [0.3, 0.4) is 0 Å². The van der Waals surface area contributed by atoms with Gasteiger partial charge in [0.25, 0.3) is 0 Å². The lowest BCUT2D eigenvalue weighted by Gasteiger charge is -2.19. The van der Waals surface area contributed by atoms with Crippen molar-refractivity contribution in [3.63, 3.8) is 0 Å². The highest BCUT2D eigenvalue weighted by Gasteiger charge is 2.06. The highest BCUT2D eigenvalue weighted by atomic mass is 15.2. The molecule has 0 spiro atoms. The molecule has 0 aliphatic carbocycles. The molecular formula is C15H28N4. The Morgan fingerprint density at radius 3 is 2.53 bits per heavy atom. The van der Waals surface area contributed by atoms with E-state index in [1.807, 2.05) is 6.92 Å². The van der Waals surface area contributed by atoms with E-state index in [0.29, 0.717) is 5.92 Å². The predicted octanol–water partition coefficient (Wildman–Crippen LogP) is 3.05. The van der Waals surface area contributed by atoms with Crippen molar-refractivity contribution < 1.29 is 0 Å². The molecule has 0 aliphatic rings. The number of hydrogen-bond donors (Lipinski definition) is 1. The number of hydrogen-bond acceptors (Lipinski definition) is 4. The third kappa shape index (κ3) is 5.55. The normalized spacial score (nSPS) is 11.3. The van der Waals surface area contributed by atoms with Crippen molar-refractivity contribution in [2.24, 2.45) is 0 Å². The van der Waals surface area contributed by atoms with Crippen LogP contribution in [0.4, 0.5) is 5.95 Å². The van der Waals surface area contributed by atoms with Crippen LogP contribution >= 0.6 is 0 Å². The smallest absolute Gasteiger partial charge is 0.223 e. The molecule has 0 aromatic carbocycles. The second-order valence-corrected chi connectivity index (χ2v) is 5.27. The zero-order valence-electron chi connectivity index (χ0n) is 13.0. The van der Waals surface area contributed by atoms with E-state index in [9.17, 15) is 0 Å². The van der Waals surface area contributed by atoms with E-state index in [1.54, 1.807) is 0 Å². The van der Waals surface area contributed by atoms with Gasteiger partial charge in [-0.25, -0.2) is 9.97 Å². The van der Waals surface area contributed by atoms with E-state index in [0.717, 1.165) is 43.5 Å². The van der Waals surface area contributed by atoms with E-state index < -0.39 is 0 Å². The van der Waals surface area contributed by atoms with Crippen molar-refractivity contribution in [3.05, 3.63) is 17.5 Å².